The third kappa shape index (κ3) is 2.46. The van der Waals surface area contributed by atoms with E-state index in [1.807, 2.05) is 20.8 Å². The molecule has 2 heterocycles. The molecule has 4 nitrogen and oxygen atoms in total. The molecule has 1 aromatic heterocycles. The van der Waals surface area contributed by atoms with Crippen LogP contribution >= 0.6 is 11.3 Å². The lowest BCUT2D eigenvalue weighted by Crippen LogP contribution is -2.40. The molecule has 3 rings (SSSR count). The molecule has 1 saturated heterocycles. The molecule has 0 aromatic carbocycles. The monoisotopic (exact) mass is 309 g/mol. The summed E-state index contributed by atoms with van der Waals surface area (Å²) in [6.45, 7) is 7.24. The molecule has 0 spiro atoms. The van der Waals surface area contributed by atoms with Gasteiger partial charge in [-0.2, -0.15) is 11.3 Å². The van der Waals surface area contributed by atoms with Gasteiger partial charge >= 0.3 is 6.09 Å². The first kappa shape index (κ1) is 14.9. The van der Waals surface area contributed by atoms with Gasteiger partial charge in [0.05, 0.1) is 6.61 Å². The largest absolute Gasteiger partial charge is 0.444 e. The zero-order valence-electron chi connectivity index (χ0n) is 12.8. The van der Waals surface area contributed by atoms with Crippen LogP contribution in [0.2, 0.25) is 0 Å². The van der Waals surface area contributed by atoms with Crippen molar-refractivity contribution >= 4 is 17.4 Å². The Morgan fingerprint density at radius 2 is 2.29 bits per heavy atom. The molecule has 1 saturated carbocycles. The zero-order valence-corrected chi connectivity index (χ0v) is 13.7. The molecule has 3 unspecified atom stereocenters. The molecule has 1 N–H and O–H groups in total. The van der Waals surface area contributed by atoms with E-state index < -0.39 is 5.60 Å². The standard InChI is InChI=1S/C16H23NO3S/c1-15(2,3)20-14(19)17-6-4-12-13(8-17)16(12,10-18)11-5-7-21-9-11/h5,7,9,12-13,18H,4,6,8,10H2,1-3H3. The summed E-state index contributed by atoms with van der Waals surface area (Å²) < 4.78 is 5.46. The molecule has 0 bridgehead atoms. The molecule has 2 fully saturated rings. The Balaban J connectivity index is 1.71. The summed E-state index contributed by atoms with van der Waals surface area (Å²) in [4.78, 5) is 14.0. The quantitative estimate of drug-likeness (QED) is 0.914. The van der Waals surface area contributed by atoms with Crippen LogP contribution in [0.4, 0.5) is 4.79 Å². The van der Waals surface area contributed by atoms with Crippen LogP contribution < -0.4 is 0 Å². The van der Waals surface area contributed by atoms with E-state index in [0.29, 0.717) is 18.4 Å². The number of carbonyl (C=O) groups excluding carboxylic acids is 1. The summed E-state index contributed by atoms with van der Waals surface area (Å²) in [7, 11) is 0. The van der Waals surface area contributed by atoms with Gasteiger partial charge in [0.1, 0.15) is 5.60 Å². The van der Waals surface area contributed by atoms with Gasteiger partial charge in [0, 0.05) is 18.5 Å². The number of carbonyl (C=O) groups is 1. The minimum atomic E-state index is -0.459. The molecule has 1 amide bonds. The molecule has 1 aliphatic heterocycles. The number of likely N-dealkylation sites (tertiary alicyclic amines) is 1. The summed E-state index contributed by atoms with van der Waals surface area (Å²) in [5, 5.41) is 14.1. The minimum absolute atomic E-state index is 0.128. The fourth-order valence-corrected chi connectivity index (χ4v) is 4.50. The van der Waals surface area contributed by atoms with Crippen molar-refractivity contribution in [2.45, 2.75) is 38.2 Å². The number of hydrogen-bond donors (Lipinski definition) is 1. The summed E-state index contributed by atoms with van der Waals surface area (Å²) in [5.74, 6) is 0.856. The van der Waals surface area contributed by atoms with Crippen molar-refractivity contribution in [3.05, 3.63) is 22.4 Å². The molecular weight excluding hydrogens is 286 g/mol. The number of ether oxygens (including phenoxy) is 1. The summed E-state index contributed by atoms with van der Waals surface area (Å²) in [5.41, 5.74) is 0.645. The van der Waals surface area contributed by atoms with Crippen LogP contribution in [0, 0.1) is 11.8 Å². The van der Waals surface area contributed by atoms with Crippen LogP contribution in [0.25, 0.3) is 0 Å². The number of rotatable bonds is 2. The predicted octanol–water partition coefficient (Wildman–Crippen LogP) is 2.87. The average molecular weight is 309 g/mol. The number of fused-ring (bicyclic) bond motifs is 1. The van der Waals surface area contributed by atoms with Crippen molar-refractivity contribution in [2.75, 3.05) is 19.7 Å². The molecule has 1 aromatic rings. The number of amides is 1. The Hall–Kier alpha value is -1.07. The second kappa shape index (κ2) is 4.99. The zero-order chi connectivity index (χ0) is 15.3. The van der Waals surface area contributed by atoms with E-state index in [9.17, 15) is 9.90 Å². The fraction of sp³-hybridized carbons (Fsp3) is 0.688. The lowest BCUT2D eigenvalue weighted by molar-refractivity contribution is 0.0206. The maximum Gasteiger partial charge on any atom is 0.410 e. The van der Waals surface area contributed by atoms with E-state index in [-0.39, 0.29) is 18.1 Å². The average Bonchev–Trinajstić information content (AvgIpc) is 2.79. The summed E-state index contributed by atoms with van der Waals surface area (Å²) in [6, 6.07) is 2.11. The molecule has 116 valence electrons. The highest BCUT2D eigenvalue weighted by Gasteiger charge is 2.66. The van der Waals surface area contributed by atoms with Gasteiger partial charge in [0.2, 0.25) is 0 Å². The Kier molecular flexibility index (Phi) is 3.53. The highest BCUT2D eigenvalue weighted by molar-refractivity contribution is 7.08. The van der Waals surface area contributed by atoms with E-state index >= 15 is 0 Å². The third-order valence-corrected chi connectivity index (χ3v) is 5.48. The lowest BCUT2D eigenvalue weighted by Gasteiger charge is -2.29. The maximum atomic E-state index is 12.2. The minimum Gasteiger partial charge on any atom is -0.444 e. The Morgan fingerprint density at radius 1 is 1.52 bits per heavy atom. The molecule has 1 aliphatic carbocycles. The van der Waals surface area contributed by atoms with E-state index in [0.717, 1.165) is 13.0 Å². The van der Waals surface area contributed by atoms with Crippen LogP contribution in [-0.4, -0.2) is 41.4 Å². The Bertz CT molecular complexity index is 522. The predicted molar refractivity (Wildman–Crippen MR) is 82.5 cm³/mol. The SMILES string of the molecule is CC(C)(C)OC(=O)N1CCC2C(C1)C2(CO)c1ccsc1. The molecular formula is C16H23NO3S. The highest BCUT2D eigenvalue weighted by atomic mass is 32.1. The summed E-state index contributed by atoms with van der Waals surface area (Å²) >= 11 is 1.67. The Morgan fingerprint density at radius 3 is 2.86 bits per heavy atom. The van der Waals surface area contributed by atoms with E-state index in [2.05, 4.69) is 16.8 Å². The van der Waals surface area contributed by atoms with Gasteiger partial charge in [-0.25, -0.2) is 4.79 Å². The van der Waals surface area contributed by atoms with Crippen molar-refractivity contribution in [1.82, 2.24) is 4.90 Å². The number of aliphatic hydroxyl groups excluding tert-OH is 1. The van der Waals surface area contributed by atoms with E-state index in [1.165, 1.54) is 5.56 Å². The van der Waals surface area contributed by atoms with Gasteiger partial charge in [-0.3, -0.25) is 0 Å². The van der Waals surface area contributed by atoms with Crippen molar-refractivity contribution < 1.29 is 14.6 Å². The van der Waals surface area contributed by atoms with Crippen LogP contribution in [-0.2, 0) is 10.2 Å². The van der Waals surface area contributed by atoms with Crippen LogP contribution in [0.3, 0.4) is 0 Å². The highest BCUT2D eigenvalue weighted by Crippen LogP contribution is 2.63. The van der Waals surface area contributed by atoms with Crippen LogP contribution in [0.1, 0.15) is 32.8 Å². The van der Waals surface area contributed by atoms with Crippen molar-refractivity contribution in [3.8, 4) is 0 Å². The fourth-order valence-electron chi connectivity index (χ4n) is 3.75. The maximum absolute atomic E-state index is 12.2. The molecule has 3 atom stereocenters. The number of piperidine rings is 1. The Labute approximate surface area is 129 Å². The first-order valence-corrected chi connectivity index (χ1v) is 8.44. The summed E-state index contributed by atoms with van der Waals surface area (Å²) in [6.07, 6.45) is 0.713. The van der Waals surface area contributed by atoms with E-state index in [4.69, 9.17) is 4.74 Å². The lowest BCUT2D eigenvalue weighted by atomic mass is 9.95. The normalized spacial score (nSPS) is 31.7. The second-order valence-electron chi connectivity index (χ2n) is 7.14. The molecule has 21 heavy (non-hydrogen) atoms. The first-order valence-electron chi connectivity index (χ1n) is 7.50. The number of nitrogens with zero attached hydrogens (tertiary/aromatic N) is 1. The van der Waals surface area contributed by atoms with Crippen LogP contribution in [0.5, 0.6) is 0 Å². The topological polar surface area (TPSA) is 49.8 Å². The van der Waals surface area contributed by atoms with Gasteiger partial charge in [0.25, 0.3) is 0 Å². The van der Waals surface area contributed by atoms with Gasteiger partial charge < -0.3 is 14.7 Å². The van der Waals surface area contributed by atoms with Crippen molar-refractivity contribution in [1.29, 1.82) is 0 Å². The first-order chi connectivity index (χ1) is 9.88. The van der Waals surface area contributed by atoms with Crippen LogP contribution in [0.15, 0.2) is 16.8 Å². The van der Waals surface area contributed by atoms with Gasteiger partial charge in [-0.15, -0.1) is 0 Å². The second-order valence-corrected chi connectivity index (χ2v) is 7.92. The number of thiophene rings is 1. The van der Waals surface area contributed by atoms with Gasteiger partial charge in [-0.1, -0.05) is 0 Å². The molecule has 5 heteroatoms. The molecule has 0 radical (unpaired) electrons. The third-order valence-electron chi connectivity index (χ3n) is 4.80. The van der Waals surface area contributed by atoms with Crippen molar-refractivity contribution in [2.24, 2.45) is 11.8 Å². The van der Waals surface area contributed by atoms with Crippen molar-refractivity contribution in [3.63, 3.8) is 0 Å². The molecule has 2 aliphatic rings. The van der Waals surface area contributed by atoms with E-state index in [1.54, 1.807) is 16.2 Å². The van der Waals surface area contributed by atoms with Gasteiger partial charge in [-0.05, 0) is 61.4 Å². The number of hydrogen-bond acceptors (Lipinski definition) is 4. The van der Waals surface area contributed by atoms with Gasteiger partial charge in [0.15, 0.2) is 0 Å². The smallest absolute Gasteiger partial charge is 0.410 e. The number of aliphatic hydroxyl groups is 1.